The molecule has 0 saturated carbocycles. The van der Waals surface area contributed by atoms with Gasteiger partial charge in [-0.1, -0.05) is 136 Å². The van der Waals surface area contributed by atoms with E-state index in [4.69, 9.17) is 0 Å². The van der Waals surface area contributed by atoms with E-state index in [1.54, 1.807) is 0 Å². The number of pyridine rings is 1. The number of nitrogens with zero attached hydrogens (tertiary/aromatic N) is 3. The van der Waals surface area contributed by atoms with Crippen molar-refractivity contribution in [2.45, 2.75) is 84.0 Å². The minimum atomic E-state index is 0.211. The molecule has 0 aliphatic heterocycles. The molecule has 322 valence electrons. The third kappa shape index (κ3) is 8.91. The standard InChI is InChI=1S/C61H57N3O/c1-2-3-4-5-6-8-19-45-28-38-59-54(42-45)52-22-11-13-25-57(52)63(59)50-34-29-46(30-35-50)47-31-36-51(37-32-47)64-58-26-14-12-23-53(58)55-43-49(33-39-60(55)64)61(65)27-10-7-9-18-44-20-17-21-48(41-44)56-24-15-16-40-62-56/h11-17,20-26,28-43H,2-10,18-19,27H2,1H3. The van der Waals surface area contributed by atoms with Gasteiger partial charge in [-0.2, -0.15) is 0 Å². The fraction of sp³-hybridized carbons (Fsp3) is 0.213. The third-order valence-corrected chi connectivity index (χ3v) is 13.4. The van der Waals surface area contributed by atoms with Gasteiger partial charge in [-0.25, -0.2) is 0 Å². The van der Waals surface area contributed by atoms with Crippen LogP contribution < -0.4 is 0 Å². The third-order valence-electron chi connectivity index (χ3n) is 13.4. The maximum absolute atomic E-state index is 13.6. The van der Waals surface area contributed by atoms with Gasteiger partial charge in [-0.3, -0.25) is 9.78 Å². The number of para-hydroxylation sites is 2. The Labute approximate surface area is 383 Å². The van der Waals surface area contributed by atoms with Crippen molar-refractivity contribution in [2.24, 2.45) is 0 Å². The molecule has 0 N–H and O–H groups in total. The van der Waals surface area contributed by atoms with Gasteiger partial charge in [0, 0.05) is 56.7 Å². The summed E-state index contributed by atoms with van der Waals surface area (Å²) in [6.45, 7) is 2.28. The molecule has 65 heavy (non-hydrogen) atoms. The minimum Gasteiger partial charge on any atom is -0.309 e. The number of ketones is 1. The summed E-state index contributed by atoms with van der Waals surface area (Å²) in [7, 11) is 0. The minimum absolute atomic E-state index is 0.211. The van der Waals surface area contributed by atoms with Crippen molar-refractivity contribution in [3.63, 3.8) is 0 Å². The van der Waals surface area contributed by atoms with Crippen molar-refractivity contribution in [1.29, 1.82) is 0 Å². The number of carbonyl (C=O) groups is 1. The van der Waals surface area contributed by atoms with Crippen LogP contribution in [-0.4, -0.2) is 19.9 Å². The number of carbonyl (C=O) groups excluding carboxylic acids is 1. The first-order valence-corrected chi connectivity index (χ1v) is 23.9. The van der Waals surface area contributed by atoms with Gasteiger partial charge >= 0.3 is 0 Å². The number of aromatic nitrogens is 3. The Bertz CT molecular complexity index is 3230. The van der Waals surface area contributed by atoms with Crippen LogP contribution in [0.15, 0.2) is 182 Å². The van der Waals surface area contributed by atoms with Crippen molar-refractivity contribution in [3.05, 3.63) is 199 Å². The first-order valence-electron chi connectivity index (χ1n) is 23.9. The fourth-order valence-electron chi connectivity index (χ4n) is 9.95. The van der Waals surface area contributed by atoms with Crippen LogP contribution in [0.1, 0.15) is 92.6 Å². The van der Waals surface area contributed by atoms with Crippen LogP contribution in [0, 0.1) is 0 Å². The zero-order chi connectivity index (χ0) is 44.0. The summed E-state index contributed by atoms with van der Waals surface area (Å²) in [5.74, 6) is 0.211. The molecule has 10 rings (SSSR count). The van der Waals surface area contributed by atoms with E-state index in [9.17, 15) is 4.79 Å². The zero-order valence-corrected chi connectivity index (χ0v) is 37.6. The van der Waals surface area contributed by atoms with Gasteiger partial charge in [-0.15, -0.1) is 0 Å². The van der Waals surface area contributed by atoms with Gasteiger partial charge in [0.05, 0.1) is 27.8 Å². The van der Waals surface area contributed by atoms with E-state index in [-0.39, 0.29) is 5.78 Å². The summed E-state index contributed by atoms with van der Waals surface area (Å²) in [5.41, 5.74) is 15.0. The van der Waals surface area contributed by atoms with Crippen LogP contribution in [-0.2, 0) is 12.8 Å². The van der Waals surface area contributed by atoms with Gasteiger partial charge in [0.1, 0.15) is 0 Å². The predicted octanol–water partition coefficient (Wildman–Crippen LogP) is 16.5. The summed E-state index contributed by atoms with van der Waals surface area (Å²) < 4.78 is 4.75. The molecule has 0 unspecified atom stereocenters. The van der Waals surface area contributed by atoms with Crippen LogP contribution in [0.25, 0.3) is 77.4 Å². The summed E-state index contributed by atoms with van der Waals surface area (Å²) in [5, 5.41) is 4.90. The molecule has 4 nitrogen and oxygen atoms in total. The predicted molar refractivity (Wildman–Crippen MR) is 274 cm³/mol. The van der Waals surface area contributed by atoms with Gasteiger partial charge < -0.3 is 9.13 Å². The molecule has 0 atom stereocenters. The van der Waals surface area contributed by atoms with Crippen LogP contribution >= 0.6 is 0 Å². The normalized spacial score (nSPS) is 11.6. The summed E-state index contributed by atoms with van der Waals surface area (Å²) >= 11 is 0. The molecule has 3 aromatic heterocycles. The monoisotopic (exact) mass is 847 g/mol. The van der Waals surface area contributed by atoms with Gasteiger partial charge in [0.15, 0.2) is 5.78 Å². The topological polar surface area (TPSA) is 39.8 Å². The highest BCUT2D eigenvalue weighted by molar-refractivity contribution is 6.12. The smallest absolute Gasteiger partial charge is 0.162 e. The van der Waals surface area contributed by atoms with Crippen molar-refractivity contribution in [3.8, 4) is 33.8 Å². The van der Waals surface area contributed by atoms with E-state index in [0.717, 1.165) is 76.4 Å². The maximum atomic E-state index is 13.6. The molecular formula is C61H57N3O. The summed E-state index contributed by atoms with van der Waals surface area (Å²) in [6.07, 6.45) is 15.4. The van der Waals surface area contributed by atoms with Gasteiger partial charge in [0.2, 0.25) is 0 Å². The molecule has 3 heterocycles. The number of unbranched alkanes of at least 4 members (excludes halogenated alkanes) is 7. The molecule has 4 heteroatoms. The average molecular weight is 848 g/mol. The van der Waals surface area contributed by atoms with E-state index >= 15 is 0 Å². The lowest BCUT2D eigenvalue weighted by atomic mass is 10.00. The van der Waals surface area contributed by atoms with Crippen LogP contribution in [0.5, 0.6) is 0 Å². The lowest BCUT2D eigenvalue weighted by Gasteiger charge is -2.11. The lowest BCUT2D eigenvalue weighted by molar-refractivity contribution is 0.0979. The van der Waals surface area contributed by atoms with Crippen LogP contribution in [0.3, 0.4) is 0 Å². The molecule has 0 spiro atoms. The lowest BCUT2D eigenvalue weighted by Crippen LogP contribution is -2.00. The quantitative estimate of drug-likeness (QED) is 0.0637. The largest absolute Gasteiger partial charge is 0.309 e. The van der Waals surface area contributed by atoms with Crippen LogP contribution in [0.2, 0.25) is 0 Å². The van der Waals surface area contributed by atoms with E-state index in [0.29, 0.717) is 6.42 Å². The molecule has 0 fully saturated rings. The number of fused-ring (bicyclic) bond motifs is 6. The fourth-order valence-corrected chi connectivity index (χ4v) is 9.95. The summed E-state index contributed by atoms with van der Waals surface area (Å²) in [6, 6.07) is 63.3. The van der Waals surface area contributed by atoms with E-state index in [1.807, 2.05) is 24.4 Å². The Morgan fingerprint density at radius 3 is 1.63 bits per heavy atom. The number of benzene rings is 7. The van der Waals surface area contributed by atoms with Gasteiger partial charge in [0.25, 0.3) is 0 Å². The molecule has 10 aromatic rings. The zero-order valence-electron chi connectivity index (χ0n) is 37.6. The highest BCUT2D eigenvalue weighted by Crippen LogP contribution is 2.36. The Balaban J connectivity index is 0.825. The Morgan fingerprint density at radius 2 is 0.985 bits per heavy atom. The number of Topliss-reactive ketones (excluding diaryl/α,β-unsaturated/α-hetero) is 1. The van der Waals surface area contributed by atoms with E-state index in [2.05, 4.69) is 179 Å². The highest BCUT2D eigenvalue weighted by atomic mass is 16.1. The van der Waals surface area contributed by atoms with Gasteiger partial charge in [-0.05, 0) is 139 Å². The summed E-state index contributed by atoms with van der Waals surface area (Å²) in [4.78, 5) is 18.1. The molecule has 0 aliphatic carbocycles. The van der Waals surface area contributed by atoms with E-state index in [1.165, 1.54) is 88.3 Å². The Morgan fingerprint density at radius 1 is 0.431 bits per heavy atom. The molecule has 0 radical (unpaired) electrons. The average Bonchev–Trinajstić information content (AvgIpc) is 3.87. The maximum Gasteiger partial charge on any atom is 0.162 e. The number of rotatable bonds is 18. The second-order valence-electron chi connectivity index (χ2n) is 17.8. The molecular weight excluding hydrogens is 791 g/mol. The SMILES string of the molecule is CCCCCCCCc1ccc2c(c1)c1ccccc1n2-c1ccc(-c2ccc(-n3c4ccccc4c4cc(C(=O)CCCCCc5cccc(-c6ccccn6)c5)ccc43)cc2)cc1. The van der Waals surface area contributed by atoms with Crippen molar-refractivity contribution < 1.29 is 4.79 Å². The molecule has 0 aliphatic rings. The number of hydrogen-bond acceptors (Lipinski definition) is 2. The number of hydrogen-bond donors (Lipinski definition) is 0. The van der Waals surface area contributed by atoms with Crippen molar-refractivity contribution in [1.82, 2.24) is 14.1 Å². The van der Waals surface area contributed by atoms with Crippen molar-refractivity contribution >= 4 is 49.4 Å². The van der Waals surface area contributed by atoms with E-state index < -0.39 is 0 Å². The molecule has 0 amide bonds. The second-order valence-corrected chi connectivity index (χ2v) is 17.8. The Kier molecular flexibility index (Phi) is 12.5. The molecule has 0 saturated heterocycles. The first kappa shape index (κ1) is 41.9. The molecule has 0 bridgehead atoms. The molecule has 7 aromatic carbocycles. The number of aryl methyl sites for hydroxylation is 2. The van der Waals surface area contributed by atoms with Crippen LogP contribution in [0.4, 0.5) is 0 Å². The first-order chi connectivity index (χ1) is 32.1. The second kappa shape index (κ2) is 19.4. The van der Waals surface area contributed by atoms with Crippen molar-refractivity contribution in [2.75, 3.05) is 0 Å². The highest BCUT2D eigenvalue weighted by Gasteiger charge is 2.16. The Hall–Kier alpha value is -7.04.